The van der Waals surface area contributed by atoms with Gasteiger partial charge in [0.25, 0.3) is 10.0 Å². The van der Waals surface area contributed by atoms with Crippen molar-refractivity contribution in [2.45, 2.75) is 18.7 Å². The first-order chi connectivity index (χ1) is 9.83. The summed E-state index contributed by atoms with van der Waals surface area (Å²) in [5.41, 5.74) is 8.13. The number of methoxy groups -OCH3 is 1. The Morgan fingerprint density at radius 1 is 1.10 bits per heavy atom. The van der Waals surface area contributed by atoms with Gasteiger partial charge in [-0.3, -0.25) is 4.72 Å². The molecule has 0 aliphatic carbocycles. The second kappa shape index (κ2) is 5.65. The van der Waals surface area contributed by atoms with Gasteiger partial charge in [0.05, 0.1) is 23.4 Å². The van der Waals surface area contributed by atoms with Crippen molar-refractivity contribution in [1.29, 1.82) is 0 Å². The number of nitrogen functional groups attached to an aromatic ring is 1. The highest BCUT2D eigenvalue weighted by Gasteiger charge is 2.17. The van der Waals surface area contributed by atoms with Crippen LogP contribution in [0.25, 0.3) is 0 Å². The maximum Gasteiger partial charge on any atom is 0.262 e. The molecule has 0 unspecified atom stereocenters. The number of hydrogen-bond acceptors (Lipinski definition) is 4. The van der Waals surface area contributed by atoms with E-state index in [2.05, 4.69) is 4.72 Å². The number of hydrogen-bond donors (Lipinski definition) is 2. The first-order valence-corrected chi connectivity index (χ1v) is 7.85. The van der Waals surface area contributed by atoms with Crippen molar-refractivity contribution in [1.82, 2.24) is 0 Å². The zero-order valence-corrected chi connectivity index (χ0v) is 13.0. The van der Waals surface area contributed by atoms with Crippen molar-refractivity contribution in [3.8, 4) is 5.75 Å². The number of rotatable bonds is 4. The smallest absolute Gasteiger partial charge is 0.262 e. The fourth-order valence-electron chi connectivity index (χ4n) is 2.00. The van der Waals surface area contributed by atoms with Crippen LogP contribution in [0.15, 0.2) is 41.3 Å². The minimum Gasteiger partial charge on any atom is -0.495 e. The molecule has 0 atom stereocenters. The molecule has 0 heterocycles. The van der Waals surface area contributed by atoms with Crippen molar-refractivity contribution in [2.24, 2.45) is 0 Å². The molecule has 0 aliphatic heterocycles. The number of aryl methyl sites for hydroxylation is 2. The van der Waals surface area contributed by atoms with Crippen LogP contribution in [-0.4, -0.2) is 15.5 Å². The molecule has 0 saturated carbocycles. The minimum absolute atomic E-state index is 0.261. The Hall–Kier alpha value is -2.21. The summed E-state index contributed by atoms with van der Waals surface area (Å²) in [6, 6.07) is 10.1. The molecule has 3 N–H and O–H groups in total. The highest BCUT2D eigenvalue weighted by Crippen LogP contribution is 2.27. The van der Waals surface area contributed by atoms with Gasteiger partial charge in [0.1, 0.15) is 5.75 Å². The van der Waals surface area contributed by atoms with E-state index in [4.69, 9.17) is 10.5 Å². The Labute approximate surface area is 124 Å². The zero-order chi connectivity index (χ0) is 15.6. The molecule has 6 heteroatoms. The van der Waals surface area contributed by atoms with E-state index in [9.17, 15) is 8.42 Å². The molecule has 5 nitrogen and oxygen atoms in total. The Morgan fingerprint density at radius 3 is 2.43 bits per heavy atom. The summed E-state index contributed by atoms with van der Waals surface area (Å²) in [5.74, 6) is 0.504. The summed E-state index contributed by atoms with van der Waals surface area (Å²) >= 11 is 0. The maximum absolute atomic E-state index is 12.5. The second-order valence-corrected chi connectivity index (χ2v) is 6.48. The molecule has 0 radical (unpaired) electrons. The SMILES string of the molecule is COc1ccc(NS(=O)(=O)c2cc(C)ccc2C)cc1N. The molecule has 0 saturated heterocycles. The van der Waals surface area contributed by atoms with Gasteiger partial charge in [-0.05, 0) is 49.2 Å². The van der Waals surface area contributed by atoms with Gasteiger partial charge in [0.15, 0.2) is 0 Å². The molecular weight excluding hydrogens is 288 g/mol. The lowest BCUT2D eigenvalue weighted by atomic mass is 10.2. The summed E-state index contributed by atoms with van der Waals surface area (Å²) in [7, 11) is -2.14. The summed E-state index contributed by atoms with van der Waals surface area (Å²) in [6.07, 6.45) is 0. The van der Waals surface area contributed by atoms with Crippen molar-refractivity contribution in [3.63, 3.8) is 0 Å². The second-order valence-electron chi connectivity index (χ2n) is 4.83. The molecule has 2 aromatic carbocycles. The molecular formula is C15H18N2O3S. The summed E-state index contributed by atoms with van der Waals surface area (Å²) in [6.45, 7) is 3.61. The fourth-order valence-corrected chi connectivity index (χ4v) is 3.38. The standard InChI is InChI=1S/C15H18N2O3S/c1-10-4-5-11(2)15(8-10)21(18,19)17-12-6-7-14(20-3)13(16)9-12/h4-9,17H,16H2,1-3H3. The van der Waals surface area contributed by atoms with E-state index in [0.717, 1.165) is 5.56 Å². The average Bonchev–Trinajstić information content (AvgIpc) is 2.41. The highest BCUT2D eigenvalue weighted by molar-refractivity contribution is 7.92. The Bertz CT molecular complexity index is 770. The molecule has 2 rings (SSSR count). The summed E-state index contributed by atoms with van der Waals surface area (Å²) in [5, 5.41) is 0. The Balaban J connectivity index is 2.37. The molecule has 2 aromatic rings. The highest BCUT2D eigenvalue weighted by atomic mass is 32.2. The third-order valence-corrected chi connectivity index (χ3v) is 4.64. The predicted octanol–water partition coefficient (Wildman–Crippen LogP) is 2.70. The Morgan fingerprint density at radius 2 is 1.81 bits per heavy atom. The molecule has 112 valence electrons. The molecule has 0 spiro atoms. The summed E-state index contributed by atoms with van der Waals surface area (Å²) < 4.78 is 32.5. The molecule has 0 bridgehead atoms. The lowest BCUT2D eigenvalue weighted by molar-refractivity contribution is 0.417. The molecule has 0 amide bonds. The fraction of sp³-hybridized carbons (Fsp3) is 0.200. The third-order valence-electron chi connectivity index (χ3n) is 3.12. The zero-order valence-electron chi connectivity index (χ0n) is 12.2. The molecule has 0 aromatic heterocycles. The van der Waals surface area contributed by atoms with Crippen LogP contribution in [0.3, 0.4) is 0 Å². The van der Waals surface area contributed by atoms with E-state index in [1.54, 1.807) is 31.2 Å². The van der Waals surface area contributed by atoms with Crippen molar-refractivity contribution >= 4 is 21.4 Å². The van der Waals surface area contributed by atoms with Gasteiger partial charge in [-0.25, -0.2) is 8.42 Å². The third kappa shape index (κ3) is 3.28. The molecule has 0 fully saturated rings. The largest absolute Gasteiger partial charge is 0.495 e. The van der Waals surface area contributed by atoms with Crippen molar-refractivity contribution in [2.75, 3.05) is 17.6 Å². The van der Waals surface area contributed by atoms with Crippen LogP contribution in [0, 0.1) is 13.8 Å². The van der Waals surface area contributed by atoms with Crippen LogP contribution in [0.5, 0.6) is 5.75 Å². The number of nitrogens with one attached hydrogen (secondary N) is 1. The average molecular weight is 306 g/mol. The lowest BCUT2D eigenvalue weighted by Gasteiger charge is -2.12. The van der Waals surface area contributed by atoms with Crippen LogP contribution in [0.2, 0.25) is 0 Å². The normalized spacial score (nSPS) is 11.2. The van der Waals surface area contributed by atoms with Crippen LogP contribution >= 0.6 is 0 Å². The predicted molar refractivity (Wildman–Crippen MR) is 84.1 cm³/mol. The van der Waals surface area contributed by atoms with Gasteiger partial charge >= 0.3 is 0 Å². The number of anilines is 2. The van der Waals surface area contributed by atoms with Crippen LogP contribution in [-0.2, 0) is 10.0 Å². The van der Waals surface area contributed by atoms with E-state index in [1.807, 2.05) is 13.0 Å². The van der Waals surface area contributed by atoms with Crippen molar-refractivity contribution in [3.05, 3.63) is 47.5 Å². The quantitative estimate of drug-likeness (QED) is 0.851. The molecule has 21 heavy (non-hydrogen) atoms. The molecule has 0 aliphatic rings. The topological polar surface area (TPSA) is 81.4 Å². The number of benzene rings is 2. The van der Waals surface area contributed by atoms with E-state index >= 15 is 0 Å². The van der Waals surface area contributed by atoms with E-state index in [1.165, 1.54) is 13.2 Å². The van der Waals surface area contributed by atoms with Crippen molar-refractivity contribution < 1.29 is 13.2 Å². The number of nitrogens with two attached hydrogens (primary N) is 1. The van der Waals surface area contributed by atoms with Gasteiger partial charge in [-0.1, -0.05) is 12.1 Å². The maximum atomic E-state index is 12.5. The monoisotopic (exact) mass is 306 g/mol. The van der Waals surface area contributed by atoms with Crippen LogP contribution < -0.4 is 15.2 Å². The van der Waals surface area contributed by atoms with Gasteiger partial charge in [0.2, 0.25) is 0 Å². The van der Waals surface area contributed by atoms with Gasteiger partial charge < -0.3 is 10.5 Å². The number of sulfonamides is 1. The van der Waals surface area contributed by atoms with E-state index < -0.39 is 10.0 Å². The van der Waals surface area contributed by atoms with E-state index in [-0.39, 0.29) is 4.90 Å². The minimum atomic E-state index is -3.65. The van der Waals surface area contributed by atoms with Gasteiger partial charge in [0, 0.05) is 0 Å². The first-order valence-electron chi connectivity index (χ1n) is 6.37. The number of ether oxygens (including phenoxy) is 1. The lowest BCUT2D eigenvalue weighted by Crippen LogP contribution is -2.14. The summed E-state index contributed by atoms with van der Waals surface area (Å²) in [4.78, 5) is 0.261. The first kappa shape index (κ1) is 15.2. The van der Waals surface area contributed by atoms with Crippen LogP contribution in [0.1, 0.15) is 11.1 Å². The van der Waals surface area contributed by atoms with E-state index in [0.29, 0.717) is 22.7 Å². The van der Waals surface area contributed by atoms with Gasteiger partial charge in [-0.2, -0.15) is 0 Å². The van der Waals surface area contributed by atoms with Gasteiger partial charge in [-0.15, -0.1) is 0 Å². The van der Waals surface area contributed by atoms with Crippen LogP contribution in [0.4, 0.5) is 11.4 Å². The Kier molecular flexibility index (Phi) is 4.09.